The number of hydrogen-bond acceptors (Lipinski definition) is 4. The summed E-state index contributed by atoms with van der Waals surface area (Å²) in [6.07, 6.45) is 1.38. The minimum Gasteiger partial charge on any atom is -0.448 e. The molecule has 1 fully saturated rings. The van der Waals surface area contributed by atoms with Gasteiger partial charge in [0.15, 0.2) is 4.67 Å². The SMILES string of the molecule is O=C1NCC(c2ccccc2)C1C(=O)N/N=C/c1ccc(Br)o1. The molecule has 6 nitrogen and oxygen atoms in total. The number of rotatable bonds is 4. The summed E-state index contributed by atoms with van der Waals surface area (Å²) in [5.74, 6) is -1.22. The molecule has 7 heteroatoms. The van der Waals surface area contributed by atoms with Crippen LogP contribution in [0.4, 0.5) is 0 Å². The van der Waals surface area contributed by atoms with Crippen LogP contribution in [0.3, 0.4) is 0 Å². The second kappa shape index (κ2) is 6.78. The molecule has 118 valence electrons. The predicted octanol–water partition coefficient (Wildman–Crippen LogP) is 2.02. The molecule has 2 atom stereocenters. The summed E-state index contributed by atoms with van der Waals surface area (Å²) in [6.45, 7) is 0.440. The van der Waals surface area contributed by atoms with Gasteiger partial charge in [-0.3, -0.25) is 9.59 Å². The fraction of sp³-hybridized carbons (Fsp3) is 0.188. The van der Waals surface area contributed by atoms with Crippen molar-refractivity contribution >= 4 is 34.0 Å². The Hall–Kier alpha value is -2.41. The van der Waals surface area contributed by atoms with Gasteiger partial charge in [0.25, 0.3) is 5.91 Å². The number of hydrazone groups is 1. The maximum atomic E-state index is 12.3. The first-order valence-corrected chi connectivity index (χ1v) is 7.85. The molecule has 0 radical (unpaired) electrons. The Balaban J connectivity index is 1.69. The number of carbonyl (C=O) groups is 2. The van der Waals surface area contributed by atoms with Gasteiger partial charge in [0.05, 0.1) is 6.21 Å². The van der Waals surface area contributed by atoms with E-state index in [0.717, 1.165) is 5.56 Å². The van der Waals surface area contributed by atoms with Crippen molar-refractivity contribution in [3.05, 3.63) is 58.5 Å². The highest BCUT2D eigenvalue weighted by Crippen LogP contribution is 2.28. The van der Waals surface area contributed by atoms with Gasteiger partial charge in [-0.05, 0) is 33.6 Å². The number of nitrogens with zero attached hydrogens (tertiary/aromatic N) is 1. The van der Waals surface area contributed by atoms with Gasteiger partial charge in [-0.25, -0.2) is 5.43 Å². The molecule has 1 aromatic heterocycles. The number of benzene rings is 1. The van der Waals surface area contributed by atoms with Crippen LogP contribution >= 0.6 is 15.9 Å². The lowest BCUT2D eigenvalue weighted by molar-refractivity contribution is -0.133. The molecular weight excluding hydrogens is 362 g/mol. The molecule has 2 unspecified atom stereocenters. The van der Waals surface area contributed by atoms with E-state index in [1.165, 1.54) is 6.21 Å². The Bertz CT molecular complexity index is 742. The Labute approximate surface area is 141 Å². The van der Waals surface area contributed by atoms with Crippen molar-refractivity contribution < 1.29 is 14.0 Å². The lowest BCUT2D eigenvalue weighted by Gasteiger charge is -2.15. The highest BCUT2D eigenvalue weighted by Gasteiger charge is 2.40. The third-order valence-corrected chi connectivity index (χ3v) is 4.08. The first kappa shape index (κ1) is 15.5. The largest absolute Gasteiger partial charge is 0.448 e. The second-order valence-corrected chi connectivity index (χ2v) is 5.90. The third kappa shape index (κ3) is 3.50. The smallest absolute Gasteiger partial charge is 0.253 e. The zero-order valence-corrected chi connectivity index (χ0v) is 13.6. The summed E-state index contributed by atoms with van der Waals surface area (Å²) in [4.78, 5) is 24.3. The van der Waals surface area contributed by atoms with E-state index in [-0.39, 0.29) is 11.8 Å². The van der Waals surface area contributed by atoms with Crippen LogP contribution in [0.2, 0.25) is 0 Å². The Morgan fingerprint density at radius 1 is 1.30 bits per heavy atom. The van der Waals surface area contributed by atoms with Crippen molar-refractivity contribution in [3.63, 3.8) is 0 Å². The lowest BCUT2D eigenvalue weighted by atomic mass is 9.88. The average molecular weight is 376 g/mol. The minimum atomic E-state index is -0.794. The average Bonchev–Trinajstić information content (AvgIpc) is 3.14. The molecule has 23 heavy (non-hydrogen) atoms. The summed E-state index contributed by atoms with van der Waals surface area (Å²) in [5, 5.41) is 6.58. The van der Waals surface area contributed by atoms with Gasteiger partial charge in [-0.1, -0.05) is 30.3 Å². The summed E-state index contributed by atoms with van der Waals surface area (Å²) >= 11 is 3.18. The fourth-order valence-electron chi connectivity index (χ4n) is 2.56. The highest BCUT2D eigenvalue weighted by molar-refractivity contribution is 9.10. The fourth-order valence-corrected chi connectivity index (χ4v) is 2.88. The van der Waals surface area contributed by atoms with Crippen molar-refractivity contribution in [1.29, 1.82) is 0 Å². The Kier molecular flexibility index (Phi) is 4.57. The zero-order valence-electron chi connectivity index (χ0n) is 12.0. The van der Waals surface area contributed by atoms with E-state index in [4.69, 9.17) is 4.42 Å². The van der Waals surface area contributed by atoms with Crippen LogP contribution in [0.5, 0.6) is 0 Å². The van der Waals surface area contributed by atoms with Crippen molar-refractivity contribution in [1.82, 2.24) is 10.7 Å². The van der Waals surface area contributed by atoms with Crippen LogP contribution in [-0.2, 0) is 9.59 Å². The van der Waals surface area contributed by atoms with Gasteiger partial charge < -0.3 is 9.73 Å². The Morgan fingerprint density at radius 2 is 2.09 bits per heavy atom. The maximum Gasteiger partial charge on any atom is 0.253 e. The normalized spacial score (nSPS) is 20.7. The van der Waals surface area contributed by atoms with Gasteiger partial charge in [-0.2, -0.15) is 5.10 Å². The van der Waals surface area contributed by atoms with E-state index in [1.54, 1.807) is 12.1 Å². The molecule has 1 aliphatic rings. The molecule has 1 aromatic carbocycles. The van der Waals surface area contributed by atoms with Crippen LogP contribution in [0, 0.1) is 5.92 Å². The predicted molar refractivity (Wildman–Crippen MR) is 87.8 cm³/mol. The van der Waals surface area contributed by atoms with Crippen molar-refractivity contribution in [3.8, 4) is 0 Å². The molecule has 2 N–H and O–H groups in total. The van der Waals surface area contributed by atoms with Crippen LogP contribution in [0.15, 0.2) is 56.7 Å². The summed E-state index contributed by atoms with van der Waals surface area (Å²) in [7, 11) is 0. The molecular formula is C16H14BrN3O3. The Morgan fingerprint density at radius 3 is 2.78 bits per heavy atom. The standard InChI is InChI=1S/C16H14BrN3O3/c17-13-7-6-11(23-13)8-19-20-16(22)14-12(9-18-15(14)21)10-4-2-1-3-5-10/h1-8,12,14H,9H2,(H,18,21)(H,20,22)/b19-8+. The molecule has 3 rings (SSSR count). The first-order valence-electron chi connectivity index (χ1n) is 7.06. The molecule has 0 bridgehead atoms. The van der Waals surface area contributed by atoms with E-state index in [9.17, 15) is 9.59 Å². The maximum absolute atomic E-state index is 12.3. The van der Waals surface area contributed by atoms with Gasteiger partial charge in [0.2, 0.25) is 5.91 Å². The summed E-state index contributed by atoms with van der Waals surface area (Å²) in [6, 6.07) is 12.9. The lowest BCUT2D eigenvalue weighted by Crippen LogP contribution is -2.34. The topological polar surface area (TPSA) is 83.7 Å². The van der Waals surface area contributed by atoms with Gasteiger partial charge >= 0.3 is 0 Å². The molecule has 1 saturated heterocycles. The van der Waals surface area contributed by atoms with E-state index in [2.05, 4.69) is 31.8 Å². The zero-order chi connectivity index (χ0) is 16.2. The van der Waals surface area contributed by atoms with E-state index < -0.39 is 11.8 Å². The van der Waals surface area contributed by atoms with Crippen molar-refractivity contribution in [2.24, 2.45) is 11.0 Å². The molecule has 2 heterocycles. The quantitative estimate of drug-likeness (QED) is 0.487. The number of nitrogens with one attached hydrogen (secondary N) is 2. The van der Waals surface area contributed by atoms with E-state index in [1.807, 2.05) is 30.3 Å². The first-order chi connectivity index (χ1) is 11.1. The molecule has 0 aliphatic carbocycles. The van der Waals surface area contributed by atoms with Crippen LogP contribution in [-0.4, -0.2) is 24.6 Å². The number of hydrogen-bond donors (Lipinski definition) is 2. The molecule has 0 saturated carbocycles. The second-order valence-electron chi connectivity index (χ2n) is 5.12. The van der Waals surface area contributed by atoms with Crippen molar-refractivity contribution in [2.45, 2.75) is 5.92 Å². The third-order valence-electron chi connectivity index (χ3n) is 3.65. The van der Waals surface area contributed by atoms with Gasteiger partial charge in [-0.15, -0.1) is 0 Å². The van der Waals surface area contributed by atoms with Crippen LogP contribution in [0.25, 0.3) is 0 Å². The minimum absolute atomic E-state index is 0.198. The van der Waals surface area contributed by atoms with Crippen LogP contribution < -0.4 is 10.7 Å². The van der Waals surface area contributed by atoms with Crippen molar-refractivity contribution in [2.75, 3.05) is 6.54 Å². The van der Waals surface area contributed by atoms with Crippen LogP contribution in [0.1, 0.15) is 17.2 Å². The monoisotopic (exact) mass is 375 g/mol. The number of halogens is 1. The van der Waals surface area contributed by atoms with E-state index in [0.29, 0.717) is 17.0 Å². The summed E-state index contributed by atoms with van der Waals surface area (Å²) in [5.41, 5.74) is 3.36. The molecule has 2 amide bonds. The number of furan rings is 1. The van der Waals surface area contributed by atoms with Gasteiger partial charge in [0, 0.05) is 12.5 Å². The molecule has 2 aromatic rings. The highest BCUT2D eigenvalue weighted by atomic mass is 79.9. The summed E-state index contributed by atoms with van der Waals surface area (Å²) < 4.78 is 5.81. The molecule has 0 spiro atoms. The number of carbonyl (C=O) groups excluding carboxylic acids is 2. The van der Waals surface area contributed by atoms with E-state index >= 15 is 0 Å². The number of amides is 2. The molecule has 1 aliphatic heterocycles. The van der Waals surface area contributed by atoms with Gasteiger partial charge in [0.1, 0.15) is 11.7 Å².